The number of piperidine rings is 1. The van der Waals surface area contributed by atoms with Crippen molar-refractivity contribution in [2.75, 3.05) is 39.0 Å². The van der Waals surface area contributed by atoms with Crippen LogP contribution in [0.25, 0.3) is 0 Å². The van der Waals surface area contributed by atoms with Crippen LogP contribution in [-0.2, 0) is 19.1 Å². The third-order valence-electron chi connectivity index (χ3n) is 11.3. The Labute approximate surface area is 339 Å². The summed E-state index contributed by atoms with van der Waals surface area (Å²) in [5, 5.41) is 0.0738. The summed E-state index contributed by atoms with van der Waals surface area (Å²) in [6, 6.07) is 0. The van der Waals surface area contributed by atoms with E-state index in [9.17, 15) is 14.4 Å². The Kier molecular flexibility index (Phi) is 33.9. The van der Waals surface area contributed by atoms with Gasteiger partial charge in [-0.25, -0.2) is 0 Å². The first kappa shape index (κ1) is 50.7. The number of carbonyl (C=O) groups is 3. The molecule has 0 atom stereocenters. The van der Waals surface area contributed by atoms with Gasteiger partial charge in [0.15, 0.2) is 0 Å². The predicted molar refractivity (Wildman–Crippen MR) is 231 cm³/mol. The number of thioether (sulfide) groups is 1. The summed E-state index contributed by atoms with van der Waals surface area (Å²) >= 11 is 1.43. The summed E-state index contributed by atoms with van der Waals surface area (Å²) in [5.41, 5.74) is 0. The molecule has 0 aromatic carbocycles. The number of hydrogen-bond acceptors (Lipinski definition) is 7. The van der Waals surface area contributed by atoms with Crippen molar-refractivity contribution in [2.24, 2.45) is 5.92 Å². The molecule has 1 aliphatic rings. The monoisotopic (exact) mass is 781 g/mol. The lowest BCUT2D eigenvalue weighted by molar-refractivity contribution is -0.150. The average Bonchev–Trinajstić information content (AvgIpc) is 3.16. The average molecular weight is 781 g/mol. The first-order chi connectivity index (χ1) is 26.3. The molecule has 0 bridgehead atoms. The maximum atomic E-state index is 13.6. The summed E-state index contributed by atoms with van der Waals surface area (Å²) in [7, 11) is 2.17. The van der Waals surface area contributed by atoms with E-state index in [1.807, 2.05) is 4.90 Å². The number of hydrogen-bond donors (Lipinski definition) is 0. The molecule has 0 unspecified atom stereocenters. The second kappa shape index (κ2) is 36.1. The number of rotatable bonds is 36. The lowest BCUT2D eigenvalue weighted by atomic mass is 10.00. The van der Waals surface area contributed by atoms with Crippen LogP contribution >= 0.6 is 11.8 Å². The van der Waals surface area contributed by atoms with Gasteiger partial charge in [0.25, 0.3) is 5.24 Å². The molecule has 1 heterocycles. The summed E-state index contributed by atoms with van der Waals surface area (Å²) in [5.74, 6) is 1.13. The molecule has 1 fully saturated rings. The van der Waals surface area contributed by atoms with Gasteiger partial charge >= 0.3 is 11.9 Å². The fourth-order valence-electron chi connectivity index (χ4n) is 7.55. The highest BCUT2D eigenvalue weighted by molar-refractivity contribution is 8.13. The molecule has 0 spiro atoms. The van der Waals surface area contributed by atoms with E-state index in [0.29, 0.717) is 44.7 Å². The Morgan fingerprint density at radius 2 is 0.907 bits per heavy atom. The summed E-state index contributed by atoms with van der Waals surface area (Å²) in [6.45, 7) is 12.2. The normalized spacial score (nSPS) is 13.9. The van der Waals surface area contributed by atoms with Gasteiger partial charge < -0.3 is 19.3 Å². The quantitative estimate of drug-likeness (QED) is 0.0463. The Balaban J connectivity index is 2.71. The van der Waals surface area contributed by atoms with Crippen molar-refractivity contribution in [3.63, 3.8) is 0 Å². The van der Waals surface area contributed by atoms with Crippen LogP contribution < -0.4 is 0 Å². The smallest absolute Gasteiger partial charge is 0.306 e. The zero-order chi connectivity index (χ0) is 39.5. The molecule has 1 rings (SSSR count). The van der Waals surface area contributed by atoms with Crippen LogP contribution in [0.15, 0.2) is 0 Å². The van der Waals surface area contributed by atoms with Crippen molar-refractivity contribution in [1.82, 2.24) is 9.80 Å². The van der Waals surface area contributed by atoms with Gasteiger partial charge in [0.1, 0.15) is 12.2 Å². The molecule has 0 aliphatic carbocycles. The molecule has 0 aromatic rings. The van der Waals surface area contributed by atoms with Crippen LogP contribution in [0.3, 0.4) is 0 Å². The Morgan fingerprint density at radius 1 is 0.556 bits per heavy atom. The highest BCUT2D eigenvalue weighted by Gasteiger charge is 2.22. The maximum absolute atomic E-state index is 13.6. The number of unbranched alkanes of at least 4 members (excludes halogenated alkanes) is 16. The van der Waals surface area contributed by atoms with Crippen molar-refractivity contribution in [2.45, 2.75) is 233 Å². The minimum atomic E-state index is -0.132. The second-order valence-corrected chi connectivity index (χ2v) is 17.5. The Morgan fingerprint density at radius 3 is 1.26 bits per heavy atom. The van der Waals surface area contributed by atoms with Crippen molar-refractivity contribution in [3.8, 4) is 0 Å². The minimum Gasteiger partial charge on any atom is -0.462 e. The minimum absolute atomic E-state index is 0.00565. The van der Waals surface area contributed by atoms with Gasteiger partial charge in [0.2, 0.25) is 0 Å². The summed E-state index contributed by atoms with van der Waals surface area (Å²) in [4.78, 5) is 44.0. The van der Waals surface area contributed by atoms with Gasteiger partial charge in [0.05, 0.1) is 0 Å². The van der Waals surface area contributed by atoms with E-state index in [-0.39, 0.29) is 29.4 Å². The number of amides is 1. The van der Waals surface area contributed by atoms with Crippen molar-refractivity contribution in [1.29, 1.82) is 0 Å². The number of esters is 2. The number of likely N-dealkylation sites (tertiary alicyclic amines) is 1. The number of nitrogens with zero attached hydrogens (tertiary/aromatic N) is 2. The molecule has 0 N–H and O–H groups in total. The zero-order valence-electron chi connectivity index (χ0n) is 36.3. The van der Waals surface area contributed by atoms with Crippen molar-refractivity contribution >= 4 is 28.9 Å². The van der Waals surface area contributed by atoms with Gasteiger partial charge in [-0.1, -0.05) is 142 Å². The van der Waals surface area contributed by atoms with E-state index in [2.05, 4.69) is 39.6 Å². The van der Waals surface area contributed by atoms with Gasteiger partial charge in [-0.3, -0.25) is 14.4 Å². The maximum Gasteiger partial charge on any atom is 0.306 e. The topological polar surface area (TPSA) is 76.1 Å². The molecule has 8 heteroatoms. The van der Waals surface area contributed by atoms with Gasteiger partial charge in [0, 0.05) is 31.7 Å². The molecule has 0 saturated carbocycles. The number of ether oxygens (including phenoxy) is 2. The fourth-order valence-corrected chi connectivity index (χ4v) is 8.63. The van der Waals surface area contributed by atoms with Crippen LogP contribution in [0.1, 0.15) is 220 Å². The van der Waals surface area contributed by atoms with Crippen LogP contribution in [0.5, 0.6) is 0 Å². The Hall–Kier alpha value is -1.28. The lowest BCUT2D eigenvalue weighted by Gasteiger charge is -2.29. The first-order valence-corrected chi connectivity index (χ1v) is 24.3. The summed E-state index contributed by atoms with van der Waals surface area (Å²) < 4.78 is 12.1. The van der Waals surface area contributed by atoms with Gasteiger partial charge in [-0.05, 0) is 103 Å². The van der Waals surface area contributed by atoms with Gasteiger partial charge in [-0.15, -0.1) is 0 Å². The van der Waals surface area contributed by atoms with E-state index in [1.54, 1.807) is 0 Å². The molecule has 7 nitrogen and oxygen atoms in total. The SMILES string of the molecule is CCCCCCCC(CCCCCCC)OC(=O)CCCN(CCCC(=O)OC(CCCCCCC)CCCCCCC)C(=O)SCC1CCN(C)CC1. The lowest BCUT2D eigenvalue weighted by Crippen LogP contribution is -2.33. The molecule has 1 saturated heterocycles. The molecule has 0 radical (unpaired) electrons. The van der Waals surface area contributed by atoms with Crippen molar-refractivity contribution in [3.05, 3.63) is 0 Å². The van der Waals surface area contributed by atoms with E-state index >= 15 is 0 Å². The van der Waals surface area contributed by atoms with E-state index in [0.717, 1.165) is 83.1 Å². The third-order valence-corrected chi connectivity index (χ3v) is 12.4. The van der Waals surface area contributed by atoms with E-state index in [1.165, 1.54) is 114 Å². The van der Waals surface area contributed by atoms with Gasteiger partial charge in [-0.2, -0.15) is 0 Å². The van der Waals surface area contributed by atoms with E-state index < -0.39 is 0 Å². The molecule has 318 valence electrons. The zero-order valence-corrected chi connectivity index (χ0v) is 37.1. The molecule has 1 aliphatic heterocycles. The molecule has 1 amide bonds. The Bertz CT molecular complexity index is 816. The van der Waals surface area contributed by atoms with Crippen LogP contribution in [0.4, 0.5) is 4.79 Å². The standard InChI is InChI=1S/C46H88N2O5S/c1-6-10-14-18-22-28-42(29-23-19-15-11-7-2)52-44(49)32-26-36-48(46(51)54-40-41-34-38-47(5)39-35-41)37-27-33-45(50)53-43(30-24-20-16-12-8-3)31-25-21-17-13-9-4/h41-43H,6-40H2,1-5H3. The molecule has 54 heavy (non-hydrogen) atoms. The first-order valence-electron chi connectivity index (χ1n) is 23.3. The second-order valence-electron chi connectivity index (χ2n) is 16.6. The highest BCUT2D eigenvalue weighted by atomic mass is 32.2. The fraction of sp³-hybridized carbons (Fsp3) is 0.935. The predicted octanol–water partition coefficient (Wildman–Crippen LogP) is 13.3. The van der Waals surface area contributed by atoms with E-state index in [4.69, 9.17) is 9.47 Å². The highest BCUT2D eigenvalue weighted by Crippen LogP contribution is 2.24. The van der Waals surface area contributed by atoms with Crippen LogP contribution in [0.2, 0.25) is 0 Å². The largest absolute Gasteiger partial charge is 0.462 e. The molecular formula is C46H88N2O5S. The third kappa shape index (κ3) is 29.0. The molecular weight excluding hydrogens is 693 g/mol. The van der Waals surface area contributed by atoms with Crippen LogP contribution in [-0.4, -0.2) is 78.2 Å². The van der Waals surface area contributed by atoms with Crippen molar-refractivity contribution < 1.29 is 23.9 Å². The van der Waals surface area contributed by atoms with Crippen LogP contribution in [0, 0.1) is 5.92 Å². The summed E-state index contributed by atoms with van der Waals surface area (Å²) in [6.07, 6.45) is 32.2. The molecule has 0 aromatic heterocycles. The number of carbonyl (C=O) groups excluding carboxylic acids is 3.